The number of amides is 1. The molecule has 2 N–H and O–H groups in total. The van der Waals surface area contributed by atoms with Gasteiger partial charge >= 0.3 is 0 Å². The normalized spacial score (nSPS) is 14.2. The van der Waals surface area contributed by atoms with Gasteiger partial charge < -0.3 is 24.6 Å². The number of benzene rings is 3. The lowest BCUT2D eigenvalue weighted by Crippen LogP contribution is -2.44. The summed E-state index contributed by atoms with van der Waals surface area (Å²) in [4.78, 5) is 31.0. The number of nitrogens with one attached hydrogen (secondary N) is 2. The van der Waals surface area contributed by atoms with E-state index in [1.54, 1.807) is 19.2 Å². The predicted molar refractivity (Wildman–Crippen MR) is 167 cm³/mol. The number of thiazole rings is 1. The van der Waals surface area contributed by atoms with Gasteiger partial charge in [0.25, 0.3) is 5.91 Å². The Hall–Kier alpha value is -4.32. The van der Waals surface area contributed by atoms with E-state index in [2.05, 4.69) is 42.4 Å². The molecule has 42 heavy (non-hydrogen) atoms. The molecule has 6 rings (SSSR count). The number of hydrogen-bond acceptors (Lipinski definition) is 10. The second-order valence-electron chi connectivity index (χ2n) is 10.2. The fourth-order valence-electron chi connectivity index (χ4n) is 4.93. The molecule has 216 valence electrons. The first-order chi connectivity index (χ1) is 20.6. The van der Waals surface area contributed by atoms with Crippen LogP contribution in [-0.2, 0) is 0 Å². The van der Waals surface area contributed by atoms with Crippen molar-refractivity contribution in [1.29, 1.82) is 0 Å². The number of anilines is 3. The van der Waals surface area contributed by atoms with Gasteiger partial charge in [-0.25, -0.2) is 15.0 Å². The average Bonchev–Trinajstić information content (AvgIpc) is 3.42. The van der Waals surface area contributed by atoms with Crippen molar-refractivity contribution < 1.29 is 14.3 Å². The average molecular weight is 584 g/mol. The zero-order valence-corrected chi connectivity index (χ0v) is 24.5. The van der Waals surface area contributed by atoms with E-state index in [1.807, 2.05) is 48.5 Å². The number of nitrogens with zero attached hydrogens (tertiary/aromatic N) is 5. The SMILES string of the molecule is COc1cc2c(Nc3ccc4nc(NC(=O)c5ccccc5)sc4c3)ncnc2cc1OCCCN1CCN(C)CC1. The van der Waals surface area contributed by atoms with Gasteiger partial charge in [-0.3, -0.25) is 10.1 Å². The molecule has 10 nitrogen and oxygen atoms in total. The predicted octanol–water partition coefficient (Wildman–Crippen LogP) is 5.26. The minimum absolute atomic E-state index is 0.187. The number of likely N-dealkylation sites (N-methyl/N-ethyl adjacent to an activating group) is 1. The van der Waals surface area contributed by atoms with Crippen LogP contribution in [0, 0.1) is 0 Å². The van der Waals surface area contributed by atoms with Gasteiger partial charge in [0.1, 0.15) is 12.1 Å². The lowest BCUT2D eigenvalue weighted by molar-refractivity contribution is 0.102. The first-order valence-corrected chi connectivity index (χ1v) is 14.8. The second-order valence-corrected chi connectivity index (χ2v) is 11.3. The summed E-state index contributed by atoms with van der Waals surface area (Å²) in [6.07, 6.45) is 2.48. The van der Waals surface area contributed by atoms with Gasteiger partial charge in [0.2, 0.25) is 0 Å². The lowest BCUT2D eigenvalue weighted by Gasteiger charge is -2.32. The highest BCUT2D eigenvalue weighted by Gasteiger charge is 2.15. The Kier molecular flexibility index (Phi) is 8.40. The maximum Gasteiger partial charge on any atom is 0.257 e. The van der Waals surface area contributed by atoms with Crippen molar-refractivity contribution in [2.75, 3.05) is 64.1 Å². The van der Waals surface area contributed by atoms with Crippen LogP contribution in [0.2, 0.25) is 0 Å². The summed E-state index contributed by atoms with van der Waals surface area (Å²) in [5.74, 6) is 1.77. The molecule has 0 spiro atoms. The molecule has 3 aromatic carbocycles. The van der Waals surface area contributed by atoms with Crippen LogP contribution in [0.25, 0.3) is 21.1 Å². The van der Waals surface area contributed by atoms with E-state index < -0.39 is 0 Å². The minimum atomic E-state index is -0.187. The Bertz CT molecular complexity index is 1690. The summed E-state index contributed by atoms with van der Waals surface area (Å²) in [6.45, 7) is 6.05. The summed E-state index contributed by atoms with van der Waals surface area (Å²) in [5.41, 5.74) is 2.99. The van der Waals surface area contributed by atoms with Crippen molar-refractivity contribution in [3.63, 3.8) is 0 Å². The zero-order valence-electron chi connectivity index (χ0n) is 23.7. The molecule has 0 saturated carbocycles. The zero-order chi connectivity index (χ0) is 28.9. The van der Waals surface area contributed by atoms with Crippen molar-refractivity contribution in [3.05, 3.63) is 72.6 Å². The van der Waals surface area contributed by atoms with E-state index in [9.17, 15) is 4.79 Å². The summed E-state index contributed by atoms with van der Waals surface area (Å²) in [5, 5.41) is 7.67. The van der Waals surface area contributed by atoms with E-state index >= 15 is 0 Å². The third-order valence-electron chi connectivity index (χ3n) is 7.30. The van der Waals surface area contributed by atoms with Gasteiger partial charge in [0.05, 0.1) is 29.5 Å². The Morgan fingerprint density at radius 2 is 1.81 bits per heavy atom. The topological polar surface area (TPSA) is 105 Å². The van der Waals surface area contributed by atoms with E-state index in [4.69, 9.17) is 9.47 Å². The first-order valence-electron chi connectivity index (χ1n) is 14.0. The molecule has 1 aliphatic heterocycles. The Labute approximate surface area is 248 Å². The number of carbonyl (C=O) groups excluding carboxylic acids is 1. The molecule has 5 aromatic rings. The van der Waals surface area contributed by atoms with Crippen molar-refractivity contribution in [2.24, 2.45) is 0 Å². The van der Waals surface area contributed by atoms with Crippen molar-refractivity contribution >= 4 is 55.0 Å². The molecule has 0 atom stereocenters. The number of fused-ring (bicyclic) bond motifs is 2. The third kappa shape index (κ3) is 6.43. The van der Waals surface area contributed by atoms with E-state index in [1.165, 1.54) is 17.7 Å². The van der Waals surface area contributed by atoms with Crippen LogP contribution in [-0.4, -0.2) is 84.1 Å². The highest BCUT2D eigenvalue weighted by atomic mass is 32.1. The van der Waals surface area contributed by atoms with Crippen LogP contribution < -0.4 is 20.1 Å². The number of carbonyl (C=O) groups is 1. The molecule has 0 unspecified atom stereocenters. The van der Waals surface area contributed by atoms with Crippen molar-refractivity contribution in [2.45, 2.75) is 6.42 Å². The van der Waals surface area contributed by atoms with Crippen LogP contribution >= 0.6 is 11.3 Å². The molecule has 11 heteroatoms. The number of methoxy groups -OCH3 is 1. The van der Waals surface area contributed by atoms with Gasteiger partial charge in [0.15, 0.2) is 16.6 Å². The van der Waals surface area contributed by atoms with Crippen LogP contribution in [0.5, 0.6) is 11.5 Å². The van der Waals surface area contributed by atoms with Crippen LogP contribution in [0.15, 0.2) is 67.0 Å². The third-order valence-corrected chi connectivity index (χ3v) is 8.23. The van der Waals surface area contributed by atoms with Crippen LogP contribution in [0.4, 0.5) is 16.6 Å². The molecule has 1 aliphatic rings. The highest BCUT2D eigenvalue weighted by Crippen LogP contribution is 2.36. The molecule has 0 aliphatic carbocycles. The maximum absolute atomic E-state index is 12.6. The molecular formula is C31H33N7O3S. The van der Waals surface area contributed by atoms with Crippen molar-refractivity contribution in [1.82, 2.24) is 24.8 Å². The molecule has 3 heterocycles. The van der Waals surface area contributed by atoms with Crippen LogP contribution in [0.3, 0.4) is 0 Å². The minimum Gasteiger partial charge on any atom is -0.493 e. The number of piperazine rings is 1. The molecule has 0 bridgehead atoms. The number of ether oxygens (including phenoxy) is 2. The fourth-order valence-corrected chi connectivity index (χ4v) is 5.83. The van der Waals surface area contributed by atoms with E-state index in [0.29, 0.717) is 34.6 Å². The Morgan fingerprint density at radius 1 is 0.976 bits per heavy atom. The van der Waals surface area contributed by atoms with Gasteiger partial charge in [-0.2, -0.15) is 0 Å². The fraction of sp³-hybridized carbons (Fsp3) is 0.290. The molecular weight excluding hydrogens is 550 g/mol. The number of hydrogen-bond donors (Lipinski definition) is 2. The summed E-state index contributed by atoms with van der Waals surface area (Å²) in [6, 6.07) is 18.8. The second kappa shape index (κ2) is 12.7. The molecule has 0 radical (unpaired) electrons. The van der Waals surface area contributed by atoms with Gasteiger partial charge in [-0.15, -0.1) is 0 Å². The van der Waals surface area contributed by atoms with Crippen molar-refractivity contribution in [3.8, 4) is 11.5 Å². The first kappa shape index (κ1) is 27.8. The maximum atomic E-state index is 12.6. The lowest BCUT2D eigenvalue weighted by atomic mass is 10.2. The largest absolute Gasteiger partial charge is 0.493 e. The highest BCUT2D eigenvalue weighted by molar-refractivity contribution is 7.22. The Morgan fingerprint density at radius 3 is 2.62 bits per heavy atom. The smallest absolute Gasteiger partial charge is 0.257 e. The molecule has 1 fully saturated rings. The molecule has 1 saturated heterocycles. The monoisotopic (exact) mass is 583 g/mol. The van der Waals surface area contributed by atoms with E-state index in [0.717, 1.165) is 66.0 Å². The van der Waals surface area contributed by atoms with Gasteiger partial charge in [0, 0.05) is 55.4 Å². The number of aromatic nitrogens is 3. The Balaban J connectivity index is 1.14. The van der Waals surface area contributed by atoms with Crippen LogP contribution in [0.1, 0.15) is 16.8 Å². The summed E-state index contributed by atoms with van der Waals surface area (Å²) in [7, 11) is 3.81. The van der Waals surface area contributed by atoms with Gasteiger partial charge in [-0.1, -0.05) is 29.5 Å². The van der Waals surface area contributed by atoms with Gasteiger partial charge in [-0.05, 0) is 49.9 Å². The van der Waals surface area contributed by atoms with E-state index in [-0.39, 0.29) is 5.91 Å². The number of rotatable bonds is 10. The molecule has 2 aromatic heterocycles. The summed E-state index contributed by atoms with van der Waals surface area (Å²) >= 11 is 1.42. The quantitative estimate of drug-likeness (QED) is 0.213. The molecule has 1 amide bonds. The standard InChI is InChI=1S/C31H33N7O3S/c1-37-12-14-38(15-13-37)11-6-16-41-27-19-25-23(18-26(27)40-2)29(33-20-32-25)34-22-9-10-24-28(17-22)42-31(35-24)36-30(39)21-7-4-3-5-8-21/h3-5,7-10,17-20H,6,11-16H2,1-2H3,(H,32,33,34)(H,35,36,39). The summed E-state index contributed by atoms with van der Waals surface area (Å²) < 4.78 is 12.7.